The summed E-state index contributed by atoms with van der Waals surface area (Å²) >= 11 is 6.46. The number of benzene rings is 1. The largest absolute Gasteiger partial charge is 0.370 e. The van der Waals surface area contributed by atoms with Crippen molar-refractivity contribution in [2.75, 3.05) is 18.0 Å². The molecular formula is C16H25ClN2. The molecule has 0 saturated carbocycles. The highest BCUT2D eigenvalue weighted by molar-refractivity contribution is 6.33. The lowest BCUT2D eigenvalue weighted by atomic mass is 10.1. The number of halogens is 1. The van der Waals surface area contributed by atoms with Crippen LogP contribution in [0.4, 0.5) is 5.69 Å². The molecule has 1 unspecified atom stereocenters. The Morgan fingerprint density at radius 1 is 1.16 bits per heavy atom. The summed E-state index contributed by atoms with van der Waals surface area (Å²) in [4.78, 5) is 2.44. The van der Waals surface area contributed by atoms with Crippen molar-refractivity contribution < 1.29 is 0 Å². The quantitative estimate of drug-likeness (QED) is 0.907. The van der Waals surface area contributed by atoms with Crippen LogP contribution >= 0.6 is 11.6 Å². The van der Waals surface area contributed by atoms with E-state index >= 15 is 0 Å². The maximum absolute atomic E-state index is 6.46. The Morgan fingerprint density at radius 3 is 2.37 bits per heavy atom. The van der Waals surface area contributed by atoms with Gasteiger partial charge in [-0.2, -0.15) is 0 Å². The second-order valence-electron chi connectivity index (χ2n) is 5.72. The molecule has 1 aromatic carbocycles. The predicted molar refractivity (Wildman–Crippen MR) is 84.1 cm³/mol. The van der Waals surface area contributed by atoms with Crippen LogP contribution in [0.3, 0.4) is 0 Å². The van der Waals surface area contributed by atoms with Gasteiger partial charge >= 0.3 is 0 Å². The van der Waals surface area contributed by atoms with Crippen molar-refractivity contribution in [2.24, 2.45) is 5.73 Å². The van der Waals surface area contributed by atoms with Crippen LogP contribution in [0.5, 0.6) is 0 Å². The van der Waals surface area contributed by atoms with E-state index in [1.54, 1.807) is 0 Å². The molecule has 2 nitrogen and oxygen atoms in total. The van der Waals surface area contributed by atoms with Gasteiger partial charge < -0.3 is 10.6 Å². The van der Waals surface area contributed by atoms with Gasteiger partial charge in [-0.15, -0.1) is 0 Å². The molecule has 1 aliphatic rings. The van der Waals surface area contributed by atoms with E-state index in [1.165, 1.54) is 43.4 Å². The Balaban J connectivity index is 2.10. The van der Waals surface area contributed by atoms with Crippen LogP contribution < -0.4 is 10.6 Å². The van der Waals surface area contributed by atoms with Crippen molar-refractivity contribution in [3.05, 3.63) is 28.8 Å². The summed E-state index contributed by atoms with van der Waals surface area (Å²) in [6, 6.07) is 6.60. The molecule has 0 amide bonds. The highest BCUT2D eigenvalue weighted by atomic mass is 35.5. The molecule has 1 aromatic rings. The van der Waals surface area contributed by atoms with Crippen molar-refractivity contribution in [3.8, 4) is 0 Å². The number of nitrogens with two attached hydrogens (primary N) is 1. The Hall–Kier alpha value is -0.730. The first-order chi connectivity index (χ1) is 9.16. The van der Waals surface area contributed by atoms with Gasteiger partial charge in [0, 0.05) is 19.1 Å². The third-order valence-corrected chi connectivity index (χ3v) is 4.07. The average Bonchev–Trinajstić information content (AvgIpc) is 2.29. The minimum Gasteiger partial charge on any atom is -0.370 e. The lowest BCUT2D eigenvalue weighted by Gasteiger charge is -2.28. The van der Waals surface area contributed by atoms with E-state index in [0.29, 0.717) is 0 Å². The Labute approximate surface area is 121 Å². The van der Waals surface area contributed by atoms with Crippen LogP contribution in [-0.2, 0) is 6.42 Å². The summed E-state index contributed by atoms with van der Waals surface area (Å²) in [6.07, 6.45) is 7.51. The second kappa shape index (κ2) is 7.16. The topological polar surface area (TPSA) is 29.3 Å². The average molecular weight is 281 g/mol. The van der Waals surface area contributed by atoms with Gasteiger partial charge in [-0.25, -0.2) is 0 Å². The summed E-state index contributed by atoms with van der Waals surface area (Å²) in [7, 11) is 0. The number of hydrogen-bond acceptors (Lipinski definition) is 2. The molecule has 0 radical (unpaired) electrons. The standard InChI is InChI=1S/C16H25ClN2/c1-13(18)11-14-7-8-16(15(17)12-14)19-9-5-3-2-4-6-10-19/h7-8,12-13H,2-6,9-11,18H2,1H3. The molecule has 1 aliphatic heterocycles. The minimum absolute atomic E-state index is 0.184. The minimum atomic E-state index is 0.184. The molecule has 1 fully saturated rings. The third-order valence-electron chi connectivity index (χ3n) is 3.77. The van der Waals surface area contributed by atoms with Crippen molar-refractivity contribution >= 4 is 17.3 Å². The van der Waals surface area contributed by atoms with Crippen LogP contribution in [0, 0.1) is 0 Å². The highest BCUT2D eigenvalue weighted by Crippen LogP contribution is 2.29. The van der Waals surface area contributed by atoms with Gasteiger partial charge in [-0.05, 0) is 43.9 Å². The molecule has 2 rings (SSSR count). The van der Waals surface area contributed by atoms with E-state index in [9.17, 15) is 0 Å². The van der Waals surface area contributed by atoms with Gasteiger partial charge in [0.1, 0.15) is 0 Å². The van der Waals surface area contributed by atoms with Gasteiger partial charge in [0.15, 0.2) is 0 Å². The SMILES string of the molecule is CC(N)Cc1ccc(N2CCCCCCC2)c(Cl)c1. The highest BCUT2D eigenvalue weighted by Gasteiger charge is 2.12. The van der Waals surface area contributed by atoms with Crippen LogP contribution in [0.2, 0.25) is 5.02 Å². The Bertz CT molecular complexity index is 396. The molecule has 106 valence electrons. The molecule has 0 aromatic heterocycles. The molecule has 0 bridgehead atoms. The van der Waals surface area contributed by atoms with Gasteiger partial charge in [-0.3, -0.25) is 0 Å². The fourth-order valence-corrected chi connectivity index (χ4v) is 3.12. The summed E-state index contributed by atoms with van der Waals surface area (Å²) in [5.74, 6) is 0. The monoisotopic (exact) mass is 280 g/mol. The van der Waals surface area contributed by atoms with Gasteiger partial charge in [0.05, 0.1) is 10.7 Å². The molecule has 1 saturated heterocycles. The molecule has 0 aliphatic carbocycles. The van der Waals surface area contributed by atoms with E-state index in [0.717, 1.165) is 24.5 Å². The number of rotatable bonds is 3. The van der Waals surface area contributed by atoms with Crippen LogP contribution in [0.15, 0.2) is 18.2 Å². The zero-order chi connectivity index (χ0) is 13.7. The smallest absolute Gasteiger partial charge is 0.0642 e. The van der Waals surface area contributed by atoms with Gasteiger partial charge in [0.25, 0.3) is 0 Å². The van der Waals surface area contributed by atoms with Crippen molar-refractivity contribution in [1.29, 1.82) is 0 Å². The fourth-order valence-electron chi connectivity index (χ4n) is 2.79. The Morgan fingerprint density at radius 2 is 1.79 bits per heavy atom. The lowest BCUT2D eigenvalue weighted by Crippen LogP contribution is -2.27. The zero-order valence-corrected chi connectivity index (χ0v) is 12.6. The summed E-state index contributed by atoms with van der Waals surface area (Å²) in [6.45, 7) is 4.29. The van der Waals surface area contributed by atoms with Gasteiger partial charge in [0.2, 0.25) is 0 Å². The van der Waals surface area contributed by atoms with E-state index in [4.69, 9.17) is 17.3 Å². The molecule has 1 atom stereocenters. The van der Waals surface area contributed by atoms with E-state index in [2.05, 4.69) is 23.1 Å². The first kappa shape index (κ1) is 14.7. The molecule has 2 N–H and O–H groups in total. The van der Waals surface area contributed by atoms with E-state index < -0.39 is 0 Å². The molecule has 0 spiro atoms. The number of nitrogens with zero attached hydrogens (tertiary/aromatic N) is 1. The first-order valence-corrected chi connectivity index (χ1v) is 7.83. The van der Waals surface area contributed by atoms with Crippen LogP contribution in [-0.4, -0.2) is 19.1 Å². The molecular weight excluding hydrogens is 256 g/mol. The van der Waals surface area contributed by atoms with Crippen molar-refractivity contribution in [2.45, 2.75) is 51.5 Å². The molecule has 3 heteroatoms. The third kappa shape index (κ3) is 4.39. The van der Waals surface area contributed by atoms with Gasteiger partial charge in [-0.1, -0.05) is 36.9 Å². The zero-order valence-electron chi connectivity index (χ0n) is 11.9. The summed E-state index contributed by atoms with van der Waals surface area (Å²) < 4.78 is 0. The van der Waals surface area contributed by atoms with E-state index in [1.807, 2.05) is 6.92 Å². The maximum atomic E-state index is 6.46. The van der Waals surface area contributed by atoms with E-state index in [-0.39, 0.29) is 6.04 Å². The summed E-state index contributed by atoms with van der Waals surface area (Å²) in [5, 5.41) is 0.874. The van der Waals surface area contributed by atoms with Crippen LogP contribution in [0.25, 0.3) is 0 Å². The molecule has 19 heavy (non-hydrogen) atoms. The summed E-state index contributed by atoms with van der Waals surface area (Å²) in [5.41, 5.74) is 8.26. The second-order valence-corrected chi connectivity index (χ2v) is 6.13. The Kier molecular flexibility index (Phi) is 5.53. The maximum Gasteiger partial charge on any atom is 0.0642 e. The normalized spacial score (nSPS) is 18.8. The van der Waals surface area contributed by atoms with Crippen LogP contribution in [0.1, 0.15) is 44.6 Å². The first-order valence-electron chi connectivity index (χ1n) is 7.46. The number of anilines is 1. The van der Waals surface area contributed by atoms with Crippen molar-refractivity contribution in [1.82, 2.24) is 0 Å². The molecule has 1 heterocycles. The van der Waals surface area contributed by atoms with Crippen molar-refractivity contribution in [3.63, 3.8) is 0 Å². The number of hydrogen-bond donors (Lipinski definition) is 1. The predicted octanol–water partition coefficient (Wildman–Crippen LogP) is 4.00. The lowest BCUT2D eigenvalue weighted by molar-refractivity contribution is 0.556. The fraction of sp³-hybridized carbons (Fsp3) is 0.625.